The number of pyridine rings is 1. The van der Waals surface area contributed by atoms with Gasteiger partial charge in [-0.1, -0.05) is 24.3 Å². The van der Waals surface area contributed by atoms with Crippen molar-refractivity contribution in [1.82, 2.24) is 15.0 Å². The fourth-order valence-corrected chi connectivity index (χ4v) is 6.33. The first kappa shape index (κ1) is 26.4. The monoisotopic (exact) mass is 541 g/mol. The zero-order valence-corrected chi connectivity index (χ0v) is 22.0. The number of halogens is 2. The molecule has 37 heavy (non-hydrogen) atoms. The molecular formula is C27H25F2N3O3S2. The van der Waals surface area contributed by atoms with E-state index in [1.807, 2.05) is 30.7 Å². The Kier molecular flexibility index (Phi) is 7.70. The van der Waals surface area contributed by atoms with Crippen LogP contribution in [0.5, 0.6) is 0 Å². The van der Waals surface area contributed by atoms with Gasteiger partial charge in [0.25, 0.3) is 10.0 Å². The summed E-state index contributed by atoms with van der Waals surface area (Å²) < 4.78 is 55.7. The van der Waals surface area contributed by atoms with Crippen LogP contribution in [0.2, 0.25) is 0 Å². The summed E-state index contributed by atoms with van der Waals surface area (Å²) in [6.45, 7) is 5.57. The van der Waals surface area contributed by atoms with Crippen molar-refractivity contribution in [3.05, 3.63) is 105 Å². The van der Waals surface area contributed by atoms with E-state index in [-0.39, 0.29) is 16.9 Å². The fraction of sp³-hybridized carbons (Fsp3) is 0.185. The van der Waals surface area contributed by atoms with Gasteiger partial charge in [0.05, 0.1) is 16.6 Å². The summed E-state index contributed by atoms with van der Waals surface area (Å²) in [7, 11) is -4.17. The summed E-state index contributed by atoms with van der Waals surface area (Å²) in [4.78, 5) is 19.6. The normalized spacial score (nSPS) is 12.2. The predicted molar refractivity (Wildman–Crippen MR) is 140 cm³/mol. The molecule has 0 aliphatic rings. The standard InChI is InChI=1S/C27H25F2N3O3S2/c1-16-7-4-5-9-25(16)37(34,35)32-27(33)31-24(14-19-12-20(28)15-21(29)13-19)26-22(8-6-10-30-26)23-11-17(2)36-18(23)3/h4-13,15,24H,14H2,1-3H3,(H2,31,32,33)/t24-/m0/s1. The number of hydrogen-bond acceptors (Lipinski definition) is 5. The lowest BCUT2D eigenvalue weighted by Crippen LogP contribution is -2.42. The maximum atomic E-state index is 14.0. The third-order valence-corrected chi connectivity index (χ3v) is 8.23. The molecule has 2 N–H and O–H groups in total. The van der Waals surface area contributed by atoms with Crippen LogP contribution in [0.1, 0.15) is 32.6 Å². The number of urea groups is 1. The molecule has 6 nitrogen and oxygen atoms in total. The number of hydrogen-bond donors (Lipinski definition) is 2. The van der Waals surface area contributed by atoms with Gasteiger partial charge >= 0.3 is 6.03 Å². The first-order chi connectivity index (χ1) is 17.5. The van der Waals surface area contributed by atoms with Gasteiger partial charge in [-0.15, -0.1) is 11.3 Å². The van der Waals surface area contributed by atoms with Gasteiger partial charge in [-0.2, -0.15) is 0 Å². The van der Waals surface area contributed by atoms with Gasteiger partial charge in [0, 0.05) is 27.6 Å². The van der Waals surface area contributed by atoms with E-state index in [9.17, 15) is 22.0 Å². The largest absolute Gasteiger partial charge is 0.329 e. The molecule has 1 atom stereocenters. The number of aryl methyl sites for hydroxylation is 3. The second-order valence-corrected chi connectivity index (χ2v) is 11.8. The number of carbonyl (C=O) groups is 1. The van der Waals surface area contributed by atoms with Gasteiger partial charge in [0.1, 0.15) is 11.6 Å². The molecule has 2 aromatic heterocycles. The fourth-order valence-electron chi connectivity index (χ4n) is 4.22. The third-order valence-electron chi connectivity index (χ3n) is 5.78. The molecular weight excluding hydrogens is 516 g/mol. The molecule has 0 saturated carbocycles. The number of thiophene rings is 1. The van der Waals surface area contributed by atoms with Crippen molar-refractivity contribution in [2.24, 2.45) is 0 Å². The van der Waals surface area contributed by atoms with Crippen LogP contribution in [-0.2, 0) is 16.4 Å². The minimum Gasteiger partial charge on any atom is -0.329 e. The van der Waals surface area contributed by atoms with Crippen LogP contribution < -0.4 is 10.0 Å². The van der Waals surface area contributed by atoms with Crippen molar-refractivity contribution in [3.63, 3.8) is 0 Å². The van der Waals surface area contributed by atoms with Crippen LogP contribution in [0.25, 0.3) is 11.1 Å². The summed E-state index contributed by atoms with van der Waals surface area (Å²) in [6, 6.07) is 13.1. The molecule has 0 aliphatic carbocycles. The van der Waals surface area contributed by atoms with Gasteiger partial charge in [-0.05, 0) is 74.2 Å². The SMILES string of the molecule is Cc1cc(-c2cccnc2[C@H](Cc2cc(F)cc(F)c2)NC(=O)NS(=O)(=O)c2ccccc2C)c(C)s1. The van der Waals surface area contributed by atoms with E-state index in [0.29, 0.717) is 11.3 Å². The maximum absolute atomic E-state index is 14.0. The molecule has 2 aromatic carbocycles. The summed E-state index contributed by atoms with van der Waals surface area (Å²) in [5.41, 5.74) is 2.84. The quantitative estimate of drug-likeness (QED) is 0.301. The Balaban J connectivity index is 1.72. The van der Waals surface area contributed by atoms with Crippen LogP contribution >= 0.6 is 11.3 Å². The van der Waals surface area contributed by atoms with Crippen molar-refractivity contribution in [2.45, 2.75) is 38.1 Å². The highest BCUT2D eigenvalue weighted by molar-refractivity contribution is 7.90. The van der Waals surface area contributed by atoms with E-state index < -0.39 is 33.7 Å². The molecule has 0 bridgehead atoms. The van der Waals surface area contributed by atoms with E-state index >= 15 is 0 Å². The van der Waals surface area contributed by atoms with Crippen LogP contribution in [0, 0.1) is 32.4 Å². The smallest absolute Gasteiger partial charge is 0.329 e. The zero-order chi connectivity index (χ0) is 26.7. The molecule has 2 amide bonds. The second kappa shape index (κ2) is 10.8. The van der Waals surface area contributed by atoms with Gasteiger partial charge in [-0.25, -0.2) is 26.7 Å². The minimum atomic E-state index is -4.17. The lowest BCUT2D eigenvalue weighted by atomic mass is 9.95. The lowest BCUT2D eigenvalue weighted by Gasteiger charge is -2.22. The Morgan fingerprint density at radius 3 is 2.32 bits per heavy atom. The first-order valence-electron chi connectivity index (χ1n) is 11.4. The zero-order valence-electron chi connectivity index (χ0n) is 20.4. The van der Waals surface area contributed by atoms with Gasteiger partial charge < -0.3 is 5.32 Å². The topological polar surface area (TPSA) is 88.2 Å². The molecule has 0 fully saturated rings. The van der Waals surface area contributed by atoms with Crippen molar-refractivity contribution < 1.29 is 22.0 Å². The maximum Gasteiger partial charge on any atom is 0.329 e. The van der Waals surface area contributed by atoms with Crippen molar-refractivity contribution >= 4 is 27.4 Å². The molecule has 10 heteroatoms. The summed E-state index contributed by atoms with van der Waals surface area (Å²) in [6.07, 6.45) is 1.52. The van der Waals surface area contributed by atoms with Crippen LogP contribution in [-0.4, -0.2) is 19.4 Å². The van der Waals surface area contributed by atoms with E-state index in [0.717, 1.165) is 26.9 Å². The molecule has 0 unspecified atom stereocenters. The molecule has 0 saturated heterocycles. The molecule has 4 rings (SSSR count). The van der Waals surface area contributed by atoms with Crippen molar-refractivity contribution in [3.8, 4) is 11.1 Å². The summed E-state index contributed by atoms with van der Waals surface area (Å²) in [5.74, 6) is -1.52. The van der Waals surface area contributed by atoms with E-state index in [2.05, 4.69) is 10.3 Å². The summed E-state index contributed by atoms with van der Waals surface area (Å²) >= 11 is 1.61. The predicted octanol–water partition coefficient (Wildman–Crippen LogP) is 5.99. The number of sulfonamides is 1. The Labute approximate surface area is 218 Å². The van der Waals surface area contributed by atoms with Gasteiger partial charge in [0.15, 0.2) is 0 Å². The molecule has 0 radical (unpaired) electrons. The molecule has 0 spiro atoms. The van der Waals surface area contributed by atoms with E-state index in [1.165, 1.54) is 18.2 Å². The van der Waals surface area contributed by atoms with Crippen molar-refractivity contribution in [1.29, 1.82) is 0 Å². The van der Waals surface area contributed by atoms with Crippen LogP contribution in [0.4, 0.5) is 13.6 Å². The van der Waals surface area contributed by atoms with E-state index in [4.69, 9.17) is 0 Å². The number of aromatic nitrogens is 1. The number of carbonyl (C=O) groups excluding carboxylic acids is 1. The average Bonchev–Trinajstić information content (AvgIpc) is 3.15. The van der Waals surface area contributed by atoms with Gasteiger partial charge in [0.2, 0.25) is 0 Å². The highest BCUT2D eigenvalue weighted by Gasteiger charge is 2.25. The Hall–Kier alpha value is -3.63. The number of nitrogens with zero attached hydrogens (tertiary/aromatic N) is 1. The molecule has 2 heterocycles. The number of benzene rings is 2. The Morgan fingerprint density at radius 1 is 0.973 bits per heavy atom. The Bertz CT molecular complexity index is 1550. The van der Waals surface area contributed by atoms with Crippen LogP contribution in [0.3, 0.4) is 0 Å². The first-order valence-corrected chi connectivity index (χ1v) is 13.7. The molecule has 0 aliphatic heterocycles. The minimum absolute atomic E-state index is 0.0291. The highest BCUT2D eigenvalue weighted by Crippen LogP contribution is 2.35. The molecule has 192 valence electrons. The van der Waals surface area contributed by atoms with Crippen molar-refractivity contribution in [2.75, 3.05) is 0 Å². The number of amides is 2. The number of rotatable bonds is 7. The van der Waals surface area contributed by atoms with Crippen LogP contribution in [0.15, 0.2) is 71.8 Å². The molecule has 4 aromatic rings. The Morgan fingerprint density at radius 2 is 1.68 bits per heavy atom. The van der Waals surface area contributed by atoms with Gasteiger partial charge in [-0.3, -0.25) is 4.98 Å². The number of nitrogens with one attached hydrogen (secondary N) is 2. The third kappa shape index (κ3) is 6.20. The summed E-state index contributed by atoms with van der Waals surface area (Å²) in [5, 5.41) is 2.67. The average molecular weight is 542 g/mol. The van der Waals surface area contributed by atoms with E-state index in [1.54, 1.807) is 48.7 Å². The lowest BCUT2D eigenvalue weighted by molar-refractivity contribution is 0.242. The highest BCUT2D eigenvalue weighted by atomic mass is 32.2. The second-order valence-electron chi connectivity index (χ2n) is 8.64.